The molecule has 1 aliphatic heterocycles. The SMILES string of the molecule is COc1ccc(-c2cc3c(CN4CC=C(c5ccc(F)cc5)CC4)ccc(OC)c3o2)cc1. The Morgan fingerprint density at radius 3 is 2.33 bits per heavy atom. The van der Waals surface area contributed by atoms with E-state index < -0.39 is 0 Å². The third-order valence-corrected chi connectivity index (χ3v) is 6.23. The summed E-state index contributed by atoms with van der Waals surface area (Å²) in [5.74, 6) is 2.14. The fourth-order valence-electron chi connectivity index (χ4n) is 4.37. The molecule has 5 rings (SSSR count). The van der Waals surface area contributed by atoms with Crippen LogP contribution in [0.2, 0.25) is 0 Å². The molecule has 0 amide bonds. The molecule has 0 saturated heterocycles. The molecule has 0 N–H and O–H groups in total. The molecule has 4 nitrogen and oxygen atoms in total. The lowest BCUT2D eigenvalue weighted by Crippen LogP contribution is -2.28. The van der Waals surface area contributed by atoms with Gasteiger partial charge in [0.25, 0.3) is 0 Å². The van der Waals surface area contributed by atoms with Gasteiger partial charge in [0, 0.05) is 30.6 Å². The molecule has 0 radical (unpaired) electrons. The van der Waals surface area contributed by atoms with Crippen LogP contribution in [0.25, 0.3) is 27.9 Å². The normalized spacial score (nSPS) is 14.3. The minimum atomic E-state index is -0.200. The van der Waals surface area contributed by atoms with Crippen LogP contribution in [0.4, 0.5) is 4.39 Å². The van der Waals surface area contributed by atoms with E-state index in [4.69, 9.17) is 13.9 Å². The monoisotopic (exact) mass is 443 g/mol. The maximum atomic E-state index is 13.2. The van der Waals surface area contributed by atoms with Crippen molar-refractivity contribution in [1.29, 1.82) is 0 Å². The van der Waals surface area contributed by atoms with Crippen LogP contribution in [-0.4, -0.2) is 32.2 Å². The van der Waals surface area contributed by atoms with Gasteiger partial charge in [-0.1, -0.05) is 24.3 Å². The Bertz CT molecular complexity index is 1290. The quantitative estimate of drug-likeness (QED) is 0.339. The van der Waals surface area contributed by atoms with Crippen LogP contribution in [0.1, 0.15) is 17.5 Å². The number of hydrogen-bond donors (Lipinski definition) is 0. The number of ether oxygens (including phenoxy) is 2. The first kappa shape index (κ1) is 21.3. The zero-order chi connectivity index (χ0) is 22.8. The summed E-state index contributed by atoms with van der Waals surface area (Å²) in [4.78, 5) is 2.41. The third kappa shape index (κ3) is 4.37. The molecule has 0 spiro atoms. The molecule has 1 aromatic heterocycles. The molecule has 5 heteroatoms. The van der Waals surface area contributed by atoms with Crippen molar-refractivity contribution in [3.05, 3.63) is 89.8 Å². The highest BCUT2D eigenvalue weighted by Crippen LogP contribution is 2.37. The van der Waals surface area contributed by atoms with Crippen molar-refractivity contribution in [2.45, 2.75) is 13.0 Å². The summed E-state index contributed by atoms with van der Waals surface area (Å²) in [6.07, 6.45) is 3.18. The largest absolute Gasteiger partial charge is 0.497 e. The van der Waals surface area contributed by atoms with Crippen LogP contribution >= 0.6 is 0 Å². The van der Waals surface area contributed by atoms with Crippen molar-refractivity contribution in [1.82, 2.24) is 4.90 Å². The minimum Gasteiger partial charge on any atom is -0.497 e. The van der Waals surface area contributed by atoms with Gasteiger partial charge in [-0.25, -0.2) is 4.39 Å². The van der Waals surface area contributed by atoms with Gasteiger partial charge in [-0.2, -0.15) is 0 Å². The van der Waals surface area contributed by atoms with Crippen LogP contribution in [0, 0.1) is 5.82 Å². The smallest absolute Gasteiger partial charge is 0.176 e. The number of benzene rings is 3. The van der Waals surface area contributed by atoms with E-state index in [2.05, 4.69) is 23.1 Å². The van der Waals surface area contributed by atoms with Gasteiger partial charge in [-0.15, -0.1) is 0 Å². The van der Waals surface area contributed by atoms with Crippen molar-refractivity contribution in [3.8, 4) is 22.8 Å². The van der Waals surface area contributed by atoms with Crippen molar-refractivity contribution in [2.75, 3.05) is 27.3 Å². The van der Waals surface area contributed by atoms with Gasteiger partial charge < -0.3 is 13.9 Å². The number of fused-ring (bicyclic) bond motifs is 1. The molecule has 0 bridgehead atoms. The fourth-order valence-corrected chi connectivity index (χ4v) is 4.37. The van der Waals surface area contributed by atoms with E-state index in [0.717, 1.165) is 65.4 Å². The van der Waals surface area contributed by atoms with Crippen molar-refractivity contribution in [2.24, 2.45) is 0 Å². The molecule has 168 valence electrons. The summed E-state index contributed by atoms with van der Waals surface area (Å²) in [6.45, 7) is 2.61. The Morgan fingerprint density at radius 2 is 1.67 bits per heavy atom. The molecule has 2 heterocycles. The van der Waals surface area contributed by atoms with Crippen LogP contribution < -0.4 is 9.47 Å². The number of furan rings is 1. The molecular formula is C28H26FNO3. The average Bonchev–Trinajstić information content (AvgIpc) is 3.31. The standard InChI is InChI=1S/C28H26FNO3/c1-31-24-10-5-21(6-11-24)27-17-25-22(7-12-26(32-2)28(25)33-27)18-30-15-13-20(14-16-30)19-3-8-23(29)9-4-19/h3-13,17H,14-16,18H2,1-2H3. The molecule has 33 heavy (non-hydrogen) atoms. The lowest BCUT2D eigenvalue weighted by molar-refractivity contribution is 0.295. The Labute approximate surface area is 192 Å². The molecule has 4 aromatic rings. The van der Waals surface area contributed by atoms with Gasteiger partial charge in [-0.05, 0) is 71.7 Å². The zero-order valence-corrected chi connectivity index (χ0v) is 18.8. The number of methoxy groups -OCH3 is 2. The van der Waals surface area contributed by atoms with Crippen LogP contribution in [0.5, 0.6) is 11.5 Å². The summed E-state index contributed by atoms with van der Waals surface area (Å²) in [5.41, 5.74) is 5.33. The second-order valence-electron chi connectivity index (χ2n) is 8.23. The highest BCUT2D eigenvalue weighted by molar-refractivity contribution is 5.90. The van der Waals surface area contributed by atoms with Crippen molar-refractivity contribution in [3.63, 3.8) is 0 Å². The van der Waals surface area contributed by atoms with E-state index >= 15 is 0 Å². The van der Waals surface area contributed by atoms with E-state index in [1.165, 1.54) is 23.3 Å². The predicted molar refractivity (Wildman–Crippen MR) is 129 cm³/mol. The Morgan fingerprint density at radius 1 is 0.909 bits per heavy atom. The summed E-state index contributed by atoms with van der Waals surface area (Å²) < 4.78 is 30.3. The van der Waals surface area contributed by atoms with Gasteiger partial charge >= 0.3 is 0 Å². The van der Waals surface area contributed by atoms with Gasteiger partial charge in [0.1, 0.15) is 17.3 Å². The number of nitrogens with zero attached hydrogens (tertiary/aromatic N) is 1. The van der Waals surface area contributed by atoms with E-state index in [-0.39, 0.29) is 5.82 Å². The number of rotatable bonds is 6. The Hall–Kier alpha value is -3.57. The average molecular weight is 444 g/mol. The number of hydrogen-bond acceptors (Lipinski definition) is 4. The second-order valence-corrected chi connectivity index (χ2v) is 8.23. The zero-order valence-electron chi connectivity index (χ0n) is 18.8. The van der Waals surface area contributed by atoms with E-state index in [9.17, 15) is 4.39 Å². The number of halogens is 1. The molecule has 0 atom stereocenters. The van der Waals surface area contributed by atoms with Crippen LogP contribution in [0.3, 0.4) is 0 Å². The lowest BCUT2D eigenvalue weighted by Gasteiger charge is -2.26. The van der Waals surface area contributed by atoms with Crippen LogP contribution in [0.15, 0.2) is 77.2 Å². The summed E-state index contributed by atoms with van der Waals surface area (Å²) in [6, 6.07) is 20.8. The van der Waals surface area contributed by atoms with Gasteiger partial charge in [0.15, 0.2) is 11.3 Å². The van der Waals surface area contributed by atoms with E-state index in [1.807, 2.05) is 42.5 Å². The molecule has 0 unspecified atom stereocenters. The van der Waals surface area contributed by atoms with Gasteiger partial charge in [0.05, 0.1) is 14.2 Å². The molecule has 1 aliphatic rings. The van der Waals surface area contributed by atoms with E-state index in [1.54, 1.807) is 14.2 Å². The molecule has 3 aromatic carbocycles. The highest BCUT2D eigenvalue weighted by atomic mass is 19.1. The summed E-state index contributed by atoms with van der Waals surface area (Å²) >= 11 is 0. The molecule has 0 aliphatic carbocycles. The van der Waals surface area contributed by atoms with Crippen molar-refractivity contribution >= 4 is 16.5 Å². The lowest BCUT2D eigenvalue weighted by atomic mass is 9.99. The third-order valence-electron chi connectivity index (χ3n) is 6.23. The van der Waals surface area contributed by atoms with Crippen molar-refractivity contribution < 1.29 is 18.3 Å². The van der Waals surface area contributed by atoms with Gasteiger partial charge in [0.2, 0.25) is 0 Å². The minimum absolute atomic E-state index is 0.200. The highest BCUT2D eigenvalue weighted by Gasteiger charge is 2.18. The van der Waals surface area contributed by atoms with Gasteiger partial charge in [-0.3, -0.25) is 4.90 Å². The fraction of sp³-hybridized carbons (Fsp3) is 0.214. The predicted octanol–water partition coefficient (Wildman–Crippen LogP) is 6.55. The second kappa shape index (κ2) is 9.12. The first-order chi connectivity index (χ1) is 16.1. The summed E-state index contributed by atoms with van der Waals surface area (Å²) in [5, 5.41) is 1.06. The molecule has 0 saturated carbocycles. The maximum absolute atomic E-state index is 13.2. The first-order valence-corrected chi connectivity index (χ1v) is 11.1. The summed E-state index contributed by atoms with van der Waals surface area (Å²) in [7, 11) is 3.32. The first-order valence-electron chi connectivity index (χ1n) is 11.1. The van der Waals surface area contributed by atoms with Crippen LogP contribution in [-0.2, 0) is 6.54 Å². The Kier molecular flexibility index (Phi) is 5.88. The van der Waals surface area contributed by atoms with E-state index in [0.29, 0.717) is 0 Å². The molecule has 0 fully saturated rings. The maximum Gasteiger partial charge on any atom is 0.176 e. The molecular weight excluding hydrogens is 417 g/mol. The topological polar surface area (TPSA) is 34.8 Å². The Balaban J connectivity index is 1.40.